The van der Waals surface area contributed by atoms with Crippen molar-refractivity contribution in [2.75, 3.05) is 23.3 Å². The van der Waals surface area contributed by atoms with Gasteiger partial charge in [0, 0.05) is 31.8 Å². The first-order valence-corrected chi connectivity index (χ1v) is 9.20. The van der Waals surface area contributed by atoms with Crippen molar-refractivity contribution in [1.29, 1.82) is 0 Å². The Kier molecular flexibility index (Phi) is 4.82. The molecule has 0 spiro atoms. The molecule has 1 aliphatic rings. The van der Waals surface area contributed by atoms with Gasteiger partial charge in [-0.05, 0) is 30.9 Å². The van der Waals surface area contributed by atoms with E-state index >= 15 is 0 Å². The molecule has 7 nitrogen and oxygen atoms in total. The second-order valence-corrected chi connectivity index (χ2v) is 6.71. The molecule has 0 atom stereocenters. The Hall–Kier alpha value is -3.22. The monoisotopic (exact) mass is 363 g/mol. The maximum atomic E-state index is 11.1. The molecule has 1 N–H and O–H groups in total. The van der Waals surface area contributed by atoms with E-state index in [9.17, 15) is 10.1 Å². The summed E-state index contributed by atoms with van der Waals surface area (Å²) in [6.45, 7) is 2.50. The van der Waals surface area contributed by atoms with E-state index in [-0.39, 0.29) is 5.69 Å². The average Bonchev–Trinajstić information content (AvgIpc) is 2.72. The van der Waals surface area contributed by atoms with Crippen LogP contribution in [-0.2, 0) is 6.54 Å². The third-order valence-electron chi connectivity index (χ3n) is 4.80. The number of hydrogen-bond donors (Lipinski definition) is 1. The Bertz CT molecular complexity index is 955. The molecule has 27 heavy (non-hydrogen) atoms. The molecule has 1 aliphatic heterocycles. The summed E-state index contributed by atoms with van der Waals surface area (Å²) in [5, 5.41) is 14.5. The van der Waals surface area contributed by atoms with Gasteiger partial charge in [-0.25, -0.2) is 9.97 Å². The molecule has 0 bridgehead atoms. The van der Waals surface area contributed by atoms with Gasteiger partial charge in [0.05, 0.1) is 16.0 Å². The molecule has 0 unspecified atom stereocenters. The molecule has 2 heterocycles. The first-order chi connectivity index (χ1) is 13.2. The largest absolute Gasteiger partial charge is 0.363 e. The van der Waals surface area contributed by atoms with Crippen LogP contribution < -0.4 is 10.2 Å². The van der Waals surface area contributed by atoms with Crippen LogP contribution in [0.4, 0.5) is 17.3 Å². The summed E-state index contributed by atoms with van der Waals surface area (Å²) in [6.07, 6.45) is 3.45. The van der Waals surface area contributed by atoms with Crippen molar-refractivity contribution in [2.45, 2.75) is 25.8 Å². The highest BCUT2D eigenvalue weighted by atomic mass is 16.6. The van der Waals surface area contributed by atoms with Crippen LogP contribution in [0, 0.1) is 10.1 Å². The fraction of sp³-hybridized carbons (Fsp3) is 0.300. The number of nitro benzene ring substituents is 1. The number of hydrogen-bond acceptors (Lipinski definition) is 6. The van der Waals surface area contributed by atoms with Crippen molar-refractivity contribution < 1.29 is 4.92 Å². The van der Waals surface area contributed by atoms with E-state index in [0.29, 0.717) is 17.6 Å². The molecular formula is C20H21N5O2. The lowest BCUT2D eigenvalue weighted by molar-refractivity contribution is -0.384. The number of aromatic nitrogens is 2. The predicted molar refractivity (Wildman–Crippen MR) is 106 cm³/mol. The van der Waals surface area contributed by atoms with Crippen molar-refractivity contribution in [3.8, 4) is 0 Å². The van der Waals surface area contributed by atoms with E-state index in [1.54, 1.807) is 6.07 Å². The molecule has 7 heteroatoms. The number of nitrogens with one attached hydrogen (secondary N) is 1. The molecule has 0 amide bonds. The van der Waals surface area contributed by atoms with E-state index in [2.05, 4.69) is 22.3 Å². The van der Waals surface area contributed by atoms with Gasteiger partial charge in [0.2, 0.25) is 0 Å². The van der Waals surface area contributed by atoms with Crippen molar-refractivity contribution in [3.63, 3.8) is 0 Å². The van der Waals surface area contributed by atoms with Crippen molar-refractivity contribution >= 4 is 28.4 Å². The third kappa shape index (κ3) is 3.81. The van der Waals surface area contributed by atoms with Gasteiger partial charge in [-0.2, -0.15) is 0 Å². The molecule has 0 radical (unpaired) electrons. The van der Waals surface area contributed by atoms with Crippen LogP contribution in [0.25, 0.3) is 11.0 Å². The highest BCUT2D eigenvalue weighted by molar-refractivity contribution is 5.82. The number of fused-ring (bicyclic) bond motifs is 1. The standard InChI is InChI=1S/C20H21N5O2/c26-25(27)16-9-10-17-18(13-16)23-20(24-11-5-2-6-12-24)19(22-17)21-14-15-7-3-1-4-8-15/h1,3-4,7-10,13H,2,5-6,11-12,14H2,(H,21,22). The van der Waals surface area contributed by atoms with Gasteiger partial charge < -0.3 is 10.2 Å². The molecular weight excluding hydrogens is 342 g/mol. The molecule has 1 fully saturated rings. The summed E-state index contributed by atoms with van der Waals surface area (Å²) in [5.74, 6) is 1.50. The van der Waals surface area contributed by atoms with E-state index in [4.69, 9.17) is 9.97 Å². The number of benzene rings is 2. The van der Waals surface area contributed by atoms with E-state index in [0.717, 1.165) is 43.1 Å². The van der Waals surface area contributed by atoms with Crippen LogP contribution >= 0.6 is 0 Å². The zero-order chi connectivity index (χ0) is 18.6. The molecule has 0 saturated carbocycles. The second-order valence-electron chi connectivity index (χ2n) is 6.71. The fourth-order valence-corrected chi connectivity index (χ4v) is 3.37. The molecule has 0 aliphatic carbocycles. The SMILES string of the molecule is O=[N+]([O-])c1ccc2nc(NCc3ccccc3)c(N3CCCCC3)nc2c1. The summed E-state index contributed by atoms with van der Waals surface area (Å²) in [6, 6.07) is 14.8. The lowest BCUT2D eigenvalue weighted by atomic mass is 10.1. The van der Waals surface area contributed by atoms with Crippen LogP contribution in [0.1, 0.15) is 24.8 Å². The van der Waals surface area contributed by atoms with Crippen molar-refractivity contribution in [2.24, 2.45) is 0 Å². The third-order valence-corrected chi connectivity index (χ3v) is 4.80. The topological polar surface area (TPSA) is 84.2 Å². The molecule has 2 aromatic carbocycles. The minimum absolute atomic E-state index is 0.0337. The highest BCUT2D eigenvalue weighted by Gasteiger charge is 2.19. The Labute approximate surface area is 157 Å². The summed E-state index contributed by atoms with van der Waals surface area (Å²) < 4.78 is 0. The number of piperidine rings is 1. The van der Waals surface area contributed by atoms with E-state index < -0.39 is 4.92 Å². The van der Waals surface area contributed by atoms with Crippen LogP contribution in [-0.4, -0.2) is 28.0 Å². The summed E-state index contributed by atoms with van der Waals surface area (Å²) in [4.78, 5) is 22.4. The number of anilines is 2. The number of nitro groups is 1. The zero-order valence-electron chi connectivity index (χ0n) is 15.0. The van der Waals surface area contributed by atoms with E-state index in [1.807, 2.05) is 18.2 Å². The lowest BCUT2D eigenvalue weighted by Gasteiger charge is -2.29. The average molecular weight is 363 g/mol. The lowest BCUT2D eigenvalue weighted by Crippen LogP contribution is -2.31. The van der Waals surface area contributed by atoms with Crippen LogP contribution in [0.2, 0.25) is 0 Å². The normalized spacial score (nSPS) is 14.3. The Morgan fingerprint density at radius 2 is 1.78 bits per heavy atom. The van der Waals surface area contributed by atoms with Gasteiger partial charge in [0.25, 0.3) is 5.69 Å². The smallest absolute Gasteiger partial charge is 0.271 e. The Morgan fingerprint density at radius 1 is 1.00 bits per heavy atom. The first-order valence-electron chi connectivity index (χ1n) is 9.20. The van der Waals surface area contributed by atoms with Gasteiger partial charge in [-0.1, -0.05) is 30.3 Å². The van der Waals surface area contributed by atoms with Crippen LogP contribution in [0.5, 0.6) is 0 Å². The Balaban J connectivity index is 1.72. The molecule has 4 rings (SSSR count). The van der Waals surface area contributed by atoms with Crippen LogP contribution in [0.3, 0.4) is 0 Å². The minimum Gasteiger partial charge on any atom is -0.363 e. The fourth-order valence-electron chi connectivity index (χ4n) is 3.37. The second kappa shape index (κ2) is 7.57. The van der Waals surface area contributed by atoms with E-state index in [1.165, 1.54) is 18.6 Å². The molecule has 1 saturated heterocycles. The predicted octanol–water partition coefficient (Wildman–Crippen LogP) is 4.14. The highest BCUT2D eigenvalue weighted by Crippen LogP contribution is 2.29. The van der Waals surface area contributed by atoms with Gasteiger partial charge >= 0.3 is 0 Å². The molecule has 1 aromatic heterocycles. The van der Waals surface area contributed by atoms with Gasteiger partial charge in [-0.15, -0.1) is 0 Å². The van der Waals surface area contributed by atoms with Crippen molar-refractivity contribution in [1.82, 2.24) is 9.97 Å². The van der Waals surface area contributed by atoms with Gasteiger partial charge in [0.15, 0.2) is 11.6 Å². The maximum Gasteiger partial charge on any atom is 0.271 e. The van der Waals surface area contributed by atoms with Gasteiger partial charge in [0.1, 0.15) is 0 Å². The van der Waals surface area contributed by atoms with Crippen molar-refractivity contribution in [3.05, 3.63) is 64.2 Å². The summed E-state index contributed by atoms with van der Waals surface area (Å²) in [7, 11) is 0. The number of nitrogens with zero attached hydrogens (tertiary/aromatic N) is 4. The van der Waals surface area contributed by atoms with Crippen LogP contribution in [0.15, 0.2) is 48.5 Å². The first kappa shape index (κ1) is 17.2. The number of non-ortho nitro benzene ring substituents is 1. The minimum atomic E-state index is -0.400. The molecule has 3 aromatic rings. The zero-order valence-corrected chi connectivity index (χ0v) is 15.0. The molecule has 138 valence electrons. The number of rotatable bonds is 5. The summed E-state index contributed by atoms with van der Waals surface area (Å²) in [5.41, 5.74) is 2.39. The summed E-state index contributed by atoms with van der Waals surface area (Å²) >= 11 is 0. The quantitative estimate of drug-likeness (QED) is 0.542. The van der Waals surface area contributed by atoms with Gasteiger partial charge in [-0.3, -0.25) is 10.1 Å². The maximum absolute atomic E-state index is 11.1. The Morgan fingerprint density at radius 3 is 2.52 bits per heavy atom.